The van der Waals surface area contributed by atoms with Gasteiger partial charge in [0.2, 0.25) is 5.91 Å². The van der Waals surface area contributed by atoms with Gasteiger partial charge in [0.1, 0.15) is 5.75 Å². The molecule has 4 heteroatoms. The third kappa shape index (κ3) is 2.73. The predicted molar refractivity (Wildman–Crippen MR) is 64.4 cm³/mol. The van der Waals surface area contributed by atoms with Crippen LogP contribution in [0.2, 0.25) is 0 Å². The number of hydrogen-bond donors (Lipinski definition) is 3. The van der Waals surface area contributed by atoms with Crippen molar-refractivity contribution in [2.24, 2.45) is 11.7 Å². The SMILES string of the molecule is Cc1cc(C)c(O)c(NC(=O)C(C)CN)c1. The van der Waals surface area contributed by atoms with Crippen LogP contribution in [0.15, 0.2) is 12.1 Å². The Morgan fingerprint density at radius 1 is 1.50 bits per heavy atom. The Balaban J connectivity index is 2.93. The van der Waals surface area contributed by atoms with Crippen LogP contribution in [-0.2, 0) is 4.79 Å². The van der Waals surface area contributed by atoms with E-state index in [1.165, 1.54) is 0 Å². The molecule has 1 amide bonds. The fraction of sp³-hybridized carbons (Fsp3) is 0.417. The lowest BCUT2D eigenvalue weighted by molar-refractivity contribution is -0.119. The second-order valence-corrected chi connectivity index (χ2v) is 4.10. The number of rotatable bonds is 3. The van der Waals surface area contributed by atoms with Crippen LogP contribution in [-0.4, -0.2) is 17.6 Å². The van der Waals surface area contributed by atoms with E-state index in [0.717, 1.165) is 11.1 Å². The number of carbonyl (C=O) groups excluding carboxylic acids is 1. The van der Waals surface area contributed by atoms with Crippen LogP contribution in [0.4, 0.5) is 5.69 Å². The minimum Gasteiger partial charge on any atom is -0.505 e. The molecule has 4 nitrogen and oxygen atoms in total. The molecule has 1 aromatic rings. The van der Waals surface area contributed by atoms with Gasteiger partial charge in [-0.25, -0.2) is 0 Å². The molecule has 0 spiro atoms. The molecular formula is C12H18N2O2. The van der Waals surface area contributed by atoms with E-state index in [2.05, 4.69) is 5.32 Å². The second-order valence-electron chi connectivity index (χ2n) is 4.10. The summed E-state index contributed by atoms with van der Waals surface area (Å²) in [5.41, 5.74) is 7.59. The molecule has 88 valence electrons. The van der Waals surface area contributed by atoms with Crippen LogP contribution in [0, 0.1) is 19.8 Å². The number of phenolic OH excluding ortho intramolecular Hbond substituents is 1. The summed E-state index contributed by atoms with van der Waals surface area (Å²) in [4.78, 5) is 11.6. The maximum absolute atomic E-state index is 11.6. The standard InChI is InChI=1S/C12H18N2O2/c1-7-4-8(2)11(15)10(5-7)14-12(16)9(3)6-13/h4-5,9,15H,6,13H2,1-3H3,(H,14,16). The van der Waals surface area contributed by atoms with Gasteiger partial charge in [-0.3, -0.25) is 4.79 Å². The van der Waals surface area contributed by atoms with Gasteiger partial charge in [0, 0.05) is 12.5 Å². The Kier molecular flexibility index (Phi) is 3.90. The Hall–Kier alpha value is -1.55. The first-order chi connectivity index (χ1) is 7.45. The minimum absolute atomic E-state index is 0.114. The zero-order valence-corrected chi connectivity index (χ0v) is 9.87. The van der Waals surface area contributed by atoms with Crippen molar-refractivity contribution in [3.8, 4) is 5.75 Å². The lowest BCUT2D eigenvalue weighted by atomic mass is 10.1. The molecule has 0 bridgehead atoms. The van der Waals surface area contributed by atoms with E-state index in [1.54, 1.807) is 19.9 Å². The summed E-state index contributed by atoms with van der Waals surface area (Å²) in [5.74, 6) is -0.328. The maximum Gasteiger partial charge on any atom is 0.228 e. The Morgan fingerprint density at radius 2 is 2.12 bits per heavy atom. The first-order valence-electron chi connectivity index (χ1n) is 5.26. The van der Waals surface area contributed by atoms with Gasteiger partial charge in [-0.15, -0.1) is 0 Å². The van der Waals surface area contributed by atoms with Gasteiger partial charge in [0.15, 0.2) is 0 Å². The van der Waals surface area contributed by atoms with Gasteiger partial charge < -0.3 is 16.2 Å². The highest BCUT2D eigenvalue weighted by Gasteiger charge is 2.13. The number of anilines is 1. The van der Waals surface area contributed by atoms with Gasteiger partial charge >= 0.3 is 0 Å². The van der Waals surface area contributed by atoms with E-state index >= 15 is 0 Å². The summed E-state index contributed by atoms with van der Waals surface area (Å²) in [6, 6.07) is 3.60. The molecule has 0 saturated heterocycles. The number of amides is 1. The maximum atomic E-state index is 11.6. The molecule has 0 heterocycles. The zero-order valence-electron chi connectivity index (χ0n) is 9.87. The lowest BCUT2D eigenvalue weighted by Gasteiger charge is -2.13. The van der Waals surface area contributed by atoms with Crippen molar-refractivity contribution in [3.05, 3.63) is 23.3 Å². The number of aryl methyl sites for hydroxylation is 2. The van der Waals surface area contributed by atoms with Crippen LogP contribution in [0.5, 0.6) is 5.75 Å². The molecule has 0 aliphatic carbocycles. The monoisotopic (exact) mass is 222 g/mol. The van der Waals surface area contributed by atoms with Gasteiger partial charge in [-0.1, -0.05) is 13.0 Å². The molecule has 0 aromatic heterocycles. The van der Waals surface area contributed by atoms with Gasteiger partial charge in [-0.2, -0.15) is 0 Å². The molecular weight excluding hydrogens is 204 g/mol. The van der Waals surface area contributed by atoms with Crippen LogP contribution in [0.3, 0.4) is 0 Å². The molecule has 1 unspecified atom stereocenters. The summed E-state index contributed by atoms with van der Waals surface area (Å²) in [6.07, 6.45) is 0. The largest absolute Gasteiger partial charge is 0.505 e. The number of hydrogen-bond acceptors (Lipinski definition) is 3. The zero-order chi connectivity index (χ0) is 12.3. The topological polar surface area (TPSA) is 75.3 Å². The Labute approximate surface area is 95.5 Å². The lowest BCUT2D eigenvalue weighted by Crippen LogP contribution is -2.26. The van der Waals surface area contributed by atoms with Crippen molar-refractivity contribution in [2.75, 3.05) is 11.9 Å². The van der Waals surface area contributed by atoms with E-state index in [-0.39, 0.29) is 24.1 Å². The molecule has 0 aliphatic heterocycles. The smallest absolute Gasteiger partial charge is 0.228 e. The summed E-state index contributed by atoms with van der Waals surface area (Å²) in [6.45, 7) is 5.74. The highest BCUT2D eigenvalue weighted by molar-refractivity contribution is 5.94. The van der Waals surface area contributed by atoms with Crippen LogP contribution < -0.4 is 11.1 Å². The number of nitrogens with two attached hydrogens (primary N) is 1. The van der Waals surface area contributed by atoms with Crippen molar-refractivity contribution in [3.63, 3.8) is 0 Å². The fourth-order valence-corrected chi connectivity index (χ4v) is 1.42. The van der Waals surface area contributed by atoms with Crippen LogP contribution in [0.25, 0.3) is 0 Å². The predicted octanol–water partition coefficient (Wildman–Crippen LogP) is 1.54. The Morgan fingerprint density at radius 3 is 2.69 bits per heavy atom. The van der Waals surface area contributed by atoms with Gasteiger partial charge in [0.25, 0.3) is 0 Å². The van der Waals surface area contributed by atoms with Crippen molar-refractivity contribution in [1.82, 2.24) is 0 Å². The third-order valence-corrected chi connectivity index (χ3v) is 2.50. The first kappa shape index (κ1) is 12.5. The number of benzene rings is 1. The molecule has 1 rings (SSSR count). The van der Waals surface area contributed by atoms with Gasteiger partial charge in [-0.05, 0) is 31.0 Å². The quantitative estimate of drug-likeness (QED) is 0.679. The third-order valence-electron chi connectivity index (χ3n) is 2.50. The molecule has 16 heavy (non-hydrogen) atoms. The molecule has 1 aromatic carbocycles. The fourth-order valence-electron chi connectivity index (χ4n) is 1.42. The van der Waals surface area contributed by atoms with Crippen molar-refractivity contribution in [1.29, 1.82) is 0 Å². The molecule has 0 radical (unpaired) electrons. The van der Waals surface area contributed by atoms with E-state index in [0.29, 0.717) is 5.69 Å². The van der Waals surface area contributed by atoms with E-state index in [9.17, 15) is 9.90 Å². The molecule has 0 fully saturated rings. The van der Waals surface area contributed by atoms with Crippen molar-refractivity contribution in [2.45, 2.75) is 20.8 Å². The van der Waals surface area contributed by atoms with Gasteiger partial charge in [0.05, 0.1) is 5.69 Å². The average molecular weight is 222 g/mol. The normalized spacial score (nSPS) is 12.2. The second kappa shape index (κ2) is 4.99. The Bertz CT molecular complexity index is 402. The first-order valence-corrected chi connectivity index (χ1v) is 5.26. The molecule has 0 aliphatic rings. The number of nitrogens with one attached hydrogen (secondary N) is 1. The highest BCUT2D eigenvalue weighted by atomic mass is 16.3. The average Bonchev–Trinajstić information content (AvgIpc) is 2.23. The summed E-state index contributed by atoms with van der Waals surface area (Å²) in [7, 11) is 0. The van der Waals surface area contributed by atoms with E-state index in [1.807, 2.05) is 13.0 Å². The summed E-state index contributed by atoms with van der Waals surface area (Å²) < 4.78 is 0. The number of phenols is 1. The van der Waals surface area contributed by atoms with Crippen LogP contribution >= 0.6 is 0 Å². The van der Waals surface area contributed by atoms with E-state index in [4.69, 9.17) is 5.73 Å². The summed E-state index contributed by atoms with van der Waals surface area (Å²) in [5, 5.41) is 12.5. The molecule has 0 saturated carbocycles. The number of aromatic hydroxyl groups is 1. The van der Waals surface area contributed by atoms with E-state index < -0.39 is 0 Å². The van der Waals surface area contributed by atoms with Crippen molar-refractivity contribution < 1.29 is 9.90 Å². The molecule has 4 N–H and O–H groups in total. The number of carbonyl (C=O) groups is 1. The minimum atomic E-state index is -0.264. The van der Waals surface area contributed by atoms with Crippen molar-refractivity contribution >= 4 is 11.6 Å². The molecule has 1 atom stereocenters. The highest BCUT2D eigenvalue weighted by Crippen LogP contribution is 2.28. The summed E-state index contributed by atoms with van der Waals surface area (Å²) >= 11 is 0. The van der Waals surface area contributed by atoms with Crippen LogP contribution in [0.1, 0.15) is 18.1 Å².